The van der Waals surface area contributed by atoms with Crippen molar-refractivity contribution in [1.82, 2.24) is 4.98 Å². The summed E-state index contributed by atoms with van der Waals surface area (Å²) in [7, 11) is -5.63. The van der Waals surface area contributed by atoms with Gasteiger partial charge in [-0.05, 0) is 6.07 Å². The van der Waals surface area contributed by atoms with E-state index >= 15 is 0 Å². The van der Waals surface area contributed by atoms with Gasteiger partial charge in [0.15, 0.2) is 0 Å². The van der Waals surface area contributed by atoms with Gasteiger partial charge in [0.25, 0.3) is 16.3 Å². The summed E-state index contributed by atoms with van der Waals surface area (Å²) in [5, 5.41) is 0.606. The Labute approximate surface area is 108 Å². The minimum Gasteiger partial charge on any atom is -0.357 e. The molecule has 2 rings (SSSR count). The van der Waals surface area contributed by atoms with Crippen LogP contribution < -0.4 is 8.61 Å². The zero-order valence-corrected chi connectivity index (χ0v) is 11.9. The molecule has 0 fully saturated rings. The van der Waals surface area contributed by atoms with Crippen molar-refractivity contribution in [2.75, 3.05) is 0 Å². The third-order valence-corrected chi connectivity index (χ3v) is 3.82. The van der Waals surface area contributed by atoms with Gasteiger partial charge in [0.05, 0.1) is 0 Å². The molecular weight excluding hydrogens is 286 g/mol. The van der Waals surface area contributed by atoms with Gasteiger partial charge in [0.2, 0.25) is 5.88 Å². The van der Waals surface area contributed by atoms with Gasteiger partial charge in [-0.2, -0.15) is 21.6 Å². The Morgan fingerprint density at radius 3 is 2.50 bits per heavy atom. The maximum Gasteiger partial charge on any atom is 0.534 e. The van der Waals surface area contributed by atoms with Gasteiger partial charge in [-0.25, -0.2) is 0 Å². The number of hydrogen-bond acceptors (Lipinski definition) is 3. The van der Waals surface area contributed by atoms with E-state index in [0.717, 1.165) is 20.7 Å². The summed E-state index contributed by atoms with van der Waals surface area (Å²) in [6.45, 7) is 0. The first-order chi connectivity index (χ1) is 8.19. The smallest absolute Gasteiger partial charge is 0.357 e. The fourth-order valence-electron chi connectivity index (χ4n) is 1.44. The van der Waals surface area contributed by atoms with E-state index in [0.29, 0.717) is 10.9 Å². The predicted molar refractivity (Wildman–Crippen MR) is 62.1 cm³/mol. The standard InChI is InChI=1S/C9H5F3NO3S.Al.2H/c10-9(11,12)17(14,15)16-8-5-6-3-1-2-4-7(6)13-8;;;/h2-5,13H;;;. The molecule has 0 saturated heterocycles. The molecule has 0 aliphatic carbocycles. The fourth-order valence-corrected chi connectivity index (χ4v) is 2.33. The molecular formula is C9H7AlF3NO3S. The summed E-state index contributed by atoms with van der Waals surface area (Å²) in [6.07, 6.45) is 0. The van der Waals surface area contributed by atoms with Gasteiger partial charge in [-0.15, -0.1) is 4.43 Å². The van der Waals surface area contributed by atoms with E-state index in [1.807, 2.05) is 0 Å². The molecule has 2 aromatic rings. The maximum atomic E-state index is 12.1. The molecule has 4 nitrogen and oxygen atoms in total. The average molecular weight is 293 g/mol. The Morgan fingerprint density at radius 2 is 1.89 bits per heavy atom. The van der Waals surface area contributed by atoms with Gasteiger partial charge in [0.1, 0.15) is 0 Å². The first kappa shape index (κ1) is 13.3. The highest BCUT2D eigenvalue weighted by atomic mass is 32.2. The van der Waals surface area contributed by atoms with Gasteiger partial charge >= 0.3 is 15.6 Å². The quantitative estimate of drug-likeness (QED) is 0.502. The molecule has 0 unspecified atom stereocenters. The molecule has 0 aliphatic heterocycles. The second kappa shape index (κ2) is 4.19. The van der Waals surface area contributed by atoms with E-state index in [-0.39, 0.29) is 0 Å². The second-order valence-electron chi connectivity index (χ2n) is 3.71. The molecule has 9 heteroatoms. The summed E-state index contributed by atoms with van der Waals surface area (Å²) in [4.78, 5) is 2.47. The highest BCUT2D eigenvalue weighted by Gasteiger charge is 2.48. The minimum atomic E-state index is -5.63. The summed E-state index contributed by atoms with van der Waals surface area (Å²) in [5.74, 6) is -0.449. The molecule has 0 aliphatic rings. The second-order valence-corrected chi connectivity index (χ2v) is 6.40. The maximum absolute atomic E-state index is 12.1. The molecule has 0 spiro atoms. The van der Waals surface area contributed by atoms with Crippen LogP contribution in [0, 0.1) is 0 Å². The Hall–Kier alpha value is -1.17. The van der Waals surface area contributed by atoms with Crippen LogP contribution in [0.15, 0.2) is 24.3 Å². The summed E-state index contributed by atoms with van der Waals surface area (Å²) in [5.41, 5.74) is -4.92. The molecule has 1 heterocycles. The summed E-state index contributed by atoms with van der Waals surface area (Å²) >= 11 is 0.785. The van der Waals surface area contributed by atoms with E-state index in [9.17, 15) is 21.6 Å². The number of hydrogen-bond donors (Lipinski definition) is 1. The minimum absolute atomic E-state index is 0.449. The number of rotatable bonds is 2. The van der Waals surface area contributed by atoms with Crippen molar-refractivity contribution >= 4 is 41.7 Å². The van der Waals surface area contributed by atoms with Crippen molar-refractivity contribution < 1.29 is 25.8 Å². The van der Waals surface area contributed by atoms with Crippen molar-refractivity contribution in [3.63, 3.8) is 0 Å². The number of aromatic nitrogens is 1. The first-order valence-electron chi connectivity index (χ1n) is 4.79. The number of halogens is 3. The zero-order valence-electron chi connectivity index (χ0n) is 9.08. The first-order valence-corrected chi connectivity index (χ1v) is 7.20. The molecule has 0 saturated carbocycles. The lowest BCUT2D eigenvalue weighted by Crippen LogP contribution is -2.28. The molecule has 96 valence electrons. The molecule has 1 N–H and O–H groups in total. The van der Waals surface area contributed by atoms with E-state index in [1.165, 1.54) is 6.07 Å². The van der Waals surface area contributed by atoms with Gasteiger partial charge in [-0.1, -0.05) is 12.1 Å². The number of aromatic amines is 1. The van der Waals surface area contributed by atoms with Crippen LogP contribution in [-0.4, -0.2) is 35.2 Å². The van der Waals surface area contributed by atoms with Crippen LogP contribution in [-0.2, 0) is 10.1 Å². The monoisotopic (exact) mass is 293 g/mol. The highest BCUT2D eigenvalue weighted by Crippen LogP contribution is 2.28. The lowest BCUT2D eigenvalue weighted by Gasteiger charge is -2.06. The van der Waals surface area contributed by atoms with E-state index < -0.39 is 21.5 Å². The molecule has 0 radical (unpaired) electrons. The van der Waals surface area contributed by atoms with Crippen LogP contribution in [0.1, 0.15) is 0 Å². The highest BCUT2D eigenvalue weighted by molar-refractivity contribution is 7.87. The molecule has 1 aromatic heterocycles. The van der Waals surface area contributed by atoms with Crippen molar-refractivity contribution in [1.29, 1.82) is 0 Å². The molecule has 0 bridgehead atoms. The number of H-pyrrole nitrogens is 1. The average Bonchev–Trinajstić information content (AvgIpc) is 2.56. The Balaban J connectivity index is 2.39. The van der Waals surface area contributed by atoms with Crippen molar-refractivity contribution in [2.24, 2.45) is 0 Å². The van der Waals surface area contributed by atoms with E-state index in [4.69, 9.17) is 0 Å². The normalized spacial score (nSPS) is 12.8. The van der Waals surface area contributed by atoms with Gasteiger partial charge in [0, 0.05) is 17.0 Å². The van der Waals surface area contributed by atoms with Crippen LogP contribution >= 0.6 is 0 Å². The SMILES string of the molecule is O=S(=O)(Oc1cc2c[c]([AlH2])ccc2[nH]1)C(F)(F)F. The summed E-state index contributed by atoms with van der Waals surface area (Å²) < 4.78 is 63.0. The molecule has 1 aromatic carbocycles. The van der Waals surface area contributed by atoms with Crippen LogP contribution in [0.25, 0.3) is 10.9 Å². The van der Waals surface area contributed by atoms with Gasteiger partial charge in [-0.3, -0.25) is 0 Å². The Bertz CT molecular complexity index is 693. The van der Waals surface area contributed by atoms with E-state index in [2.05, 4.69) is 9.17 Å². The number of benzene rings is 1. The Morgan fingerprint density at radius 1 is 1.22 bits per heavy atom. The number of fused-ring (bicyclic) bond motifs is 1. The van der Waals surface area contributed by atoms with Crippen LogP contribution in [0.5, 0.6) is 5.88 Å². The third kappa shape index (κ3) is 2.48. The predicted octanol–water partition coefficient (Wildman–Crippen LogP) is 0.655. The molecule has 18 heavy (non-hydrogen) atoms. The summed E-state index contributed by atoms with van der Waals surface area (Å²) in [6, 6.07) is 6.43. The van der Waals surface area contributed by atoms with Crippen molar-refractivity contribution in [2.45, 2.75) is 5.51 Å². The van der Waals surface area contributed by atoms with Crippen LogP contribution in [0.3, 0.4) is 0 Å². The molecule has 0 amide bonds. The number of nitrogens with one attached hydrogen (secondary N) is 1. The van der Waals surface area contributed by atoms with Crippen molar-refractivity contribution in [3.8, 4) is 5.88 Å². The van der Waals surface area contributed by atoms with Crippen LogP contribution in [0.4, 0.5) is 13.2 Å². The fraction of sp³-hybridized carbons (Fsp3) is 0.111. The van der Waals surface area contributed by atoms with Gasteiger partial charge < -0.3 is 9.17 Å². The van der Waals surface area contributed by atoms with E-state index in [1.54, 1.807) is 18.2 Å². The number of alkyl halides is 3. The largest absolute Gasteiger partial charge is 0.534 e. The van der Waals surface area contributed by atoms with Crippen molar-refractivity contribution in [3.05, 3.63) is 24.3 Å². The zero-order chi connectivity index (χ0) is 13.6. The lowest BCUT2D eigenvalue weighted by atomic mass is 10.2. The molecule has 0 atom stereocenters. The lowest BCUT2D eigenvalue weighted by molar-refractivity contribution is -0.0501. The Kier molecular flexibility index (Phi) is 3.09. The third-order valence-electron chi connectivity index (χ3n) is 2.23. The topological polar surface area (TPSA) is 59.2 Å². The van der Waals surface area contributed by atoms with Crippen LogP contribution in [0.2, 0.25) is 0 Å².